The Labute approximate surface area is 115 Å². The summed E-state index contributed by atoms with van der Waals surface area (Å²) in [6.45, 7) is 6.36. The van der Waals surface area contributed by atoms with Crippen molar-refractivity contribution in [3.63, 3.8) is 0 Å². The molecule has 100 valence electrons. The molecule has 1 rings (SSSR count). The van der Waals surface area contributed by atoms with E-state index < -0.39 is 0 Å². The Kier molecular flexibility index (Phi) is 6.81. The van der Waals surface area contributed by atoms with Gasteiger partial charge in [-0.2, -0.15) is 0 Å². The zero-order chi connectivity index (χ0) is 13.4. The van der Waals surface area contributed by atoms with Crippen molar-refractivity contribution in [3.05, 3.63) is 28.8 Å². The number of unbranched alkanes of at least 4 members (excludes halogenated alkanes) is 2. The number of rotatable bonds is 8. The lowest BCUT2D eigenvalue weighted by Gasteiger charge is -2.26. The van der Waals surface area contributed by atoms with Gasteiger partial charge in [-0.05, 0) is 31.0 Å². The second kappa shape index (κ2) is 8.15. The highest BCUT2D eigenvalue weighted by molar-refractivity contribution is 6.31. The van der Waals surface area contributed by atoms with Crippen molar-refractivity contribution in [1.29, 1.82) is 0 Å². The number of carbonyl (C=O) groups excluding carboxylic acids is 1. The Hall–Kier alpha value is -1.02. The highest BCUT2D eigenvalue weighted by atomic mass is 35.5. The minimum atomic E-state index is 0.617. The highest BCUT2D eigenvalue weighted by Crippen LogP contribution is 2.24. The zero-order valence-corrected chi connectivity index (χ0v) is 12.0. The molecule has 0 saturated carbocycles. The van der Waals surface area contributed by atoms with Crippen molar-refractivity contribution in [3.8, 4) is 0 Å². The number of anilines is 1. The van der Waals surface area contributed by atoms with E-state index in [9.17, 15) is 4.79 Å². The third-order valence-corrected chi connectivity index (χ3v) is 3.26. The van der Waals surface area contributed by atoms with Gasteiger partial charge in [-0.15, -0.1) is 0 Å². The van der Waals surface area contributed by atoms with E-state index in [1.165, 1.54) is 0 Å². The highest BCUT2D eigenvalue weighted by Gasteiger charge is 2.10. The second-order valence-electron chi connectivity index (χ2n) is 4.52. The molecule has 1 aromatic rings. The Bertz CT molecular complexity index is 371. The molecule has 0 saturated heterocycles. The fraction of sp³-hybridized carbons (Fsp3) is 0.533. The van der Waals surface area contributed by atoms with Crippen LogP contribution < -0.4 is 4.90 Å². The van der Waals surface area contributed by atoms with Gasteiger partial charge in [-0.25, -0.2) is 0 Å². The van der Waals surface area contributed by atoms with Gasteiger partial charge in [0.05, 0.1) is 0 Å². The quantitative estimate of drug-likeness (QED) is 0.644. The normalized spacial score (nSPS) is 10.4. The van der Waals surface area contributed by atoms with E-state index in [0.29, 0.717) is 10.6 Å². The molecule has 0 radical (unpaired) electrons. The van der Waals surface area contributed by atoms with E-state index in [-0.39, 0.29) is 0 Å². The Balaban J connectivity index is 2.91. The molecule has 0 fully saturated rings. The summed E-state index contributed by atoms with van der Waals surface area (Å²) in [5.41, 5.74) is 1.70. The van der Waals surface area contributed by atoms with Crippen LogP contribution in [-0.4, -0.2) is 19.4 Å². The van der Waals surface area contributed by atoms with E-state index >= 15 is 0 Å². The largest absolute Gasteiger partial charge is 0.371 e. The van der Waals surface area contributed by atoms with Gasteiger partial charge in [-0.1, -0.05) is 38.3 Å². The van der Waals surface area contributed by atoms with Crippen molar-refractivity contribution in [2.45, 2.75) is 39.5 Å². The summed E-state index contributed by atoms with van der Waals surface area (Å²) in [4.78, 5) is 13.4. The van der Waals surface area contributed by atoms with Crippen LogP contribution in [-0.2, 0) is 0 Å². The maximum Gasteiger partial charge on any atom is 0.152 e. The SMILES string of the molecule is CCCCN(CCCC)c1ccc(Cl)cc1C=O. The fourth-order valence-electron chi connectivity index (χ4n) is 1.96. The first-order chi connectivity index (χ1) is 8.72. The van der Waals surface area contributed by atoms with E-state index in [0.717, 1.165) is 50.7 Å². The van der Waals surface area contributed by atoms with Crippen LogP contribution in [0, 0.1) is 0 Å². The van der Waals surface area contributed by atoms with Crippen LogP contribution in [0.4, 0.5) is 5.69 Å². The molecule has 0 aliphatic carbocycles. The topological polar surface area (TPSA) is 20.3 Å². The van der Waals surface area contributed by atoms with Crippen LogP contribution in [0.3, 0.4) is 0 Å². The van der Waals surface area contributed by atoms with Crippen LogP contribution >= 0.6 is 11.6 Å². The first-order valence-corrected chi connectivity index (χ1v) is 7.10. The number of nitrogens with zero attached hydrogens (tertiary/aromatic N) is 1. The van der Waals surface area contributed by atoms with Gasteiger partial charge in [0.1, 0.15) is 0 Å². The Morgan fingerprint density at radius 3 is 2.28 bits per heavy atom. The minimum absolute atomic E-state index is 0.617. The molecule has 0 unspecified atom stereocenters. The molecule has 1 aromatic carbocycles. The third kappa shape index (κ3) is 4.34. The van der Waals surface area contributed by atoms with Crippen molar-refractivity contribution < 1.29 is 4.79 Å². The van der Waals surface area contributed by atoms with E-state index in [2.05, 4.69) is 18.7 Å². The van der Waals surface area contributed by atoms with Crippen LogP contribution in [0.2, 0.25) is 5.02 Å². The number of halogens is 1. The zero-order valence-electron chi connectivity index (χ0n) is 11.3. The van der Waals surface area contributed by atoms with Gasteiger partial charge in [0, 0.05) is 29.4 Å². The van der Waals surface area contributed by atoms with Gasteiger partial charge in [-0.3, -0.25) is 4.79 Å². The molecule has 2 nitrogen and oxygen atoms in total. The molecule has 0 amide bonds. The van der Waals surface area contributed by atoms with Crippen LogP contribution in [0.1, 0.15) is 49.9 Å². The molecule has 18 heavy (non-hydrogen) atoms. The summed E-state index contributed by atoms with van der Waals surface area (Å²) in [6, 6.07) is 5.56. The smallest absolute Gasteiger partial charge is 0.152 e. The second-order valence-corrected chi connectivity index (χ2v) is 4.95. The number of aldehydes is 1. The molecular formula is C15H22ClNO. The van der Waals surface area contributed by atoms with Gasteiger partial charge in [0.15, 0.2) is 6.29 Å². The number of hydrogen-bond acceptors (Lipinski definition) is 2. The molecule has 0 atom stereocenters. The molecule has 0 N–H and O–H groups in total. The number of hydrogen-bond donors (Lipinski definition) is 0. The Morgan fingerprint density at radius 1 is 1.17 bits per heavy atom. The predicted octanol–water partition coefficient (Wildman–Crippen LogP) is 4.56. The van der Waals surface area contributed by atoms with Crippen LogP contribution in [0.25, 0.3) is 0 Å². The van der Waals surface area contributed by atoms with Gasteiger partial charge < -0.3 is 4.90 Å². The van der Waals surface area contributed by atoms with Crippen LogP contribution in [0.15, 0.2) is 18.2 Å². The average Bonchev–Trinajstić information content (AvgIpc) is 2.39. The standard InChI is InChI=1S/C15H22ClNO/c1-3-5-9-17(10-6-4-2)15-8-7-14(16)11-13(15)12-18/h7-8,11-12H,3-6,9-10H2,1-2H3. The fourth-order valence-corrected chi connectivity index (χ4v) is 2.14. The molecular weight excluding hydrogens is 246 g/mol. The average molecular weight is 268 g/mol. The molecule has 0 heterocycles. The summed E-state index contributed by atoms with van der Waals surface area (Å²) in [5, 5.41) is 0.617. The molecule has 0 aliphatic heterocycles. The Morgan fingerprint density at radius 2 is 1.78 bits per heavy atom. The lowest BCUT2D eigenvalue weighted by atomic mass is 10.1. The first-order valence-electron chi connectivity index (χ1n) is 6.72. The lowest BCUT2D eigenvalue weighted by molar-refractivity contribution is 0.112. The monoisotopic (exact) mass is 267 g/mol. The first kappa shape index (κ1) is 15.0. The summed E-state index contributed by atoms with van der Waals surface area (Å²) >= 11 is 5.93. The molecule has 0 aliphatic rings. The maximum absolute atomic E-state index is 11.1. The van der Waals surface area contributed by atoms with E-state index in [4.69, 9.17) is 11.6 Å². The molecule has 0 aromatic heterocycles. The van der Waals surface area contributed by atoms with Gasteiger partial charge >= 0.3 is 0 Å². The number of benzene rings is 1. The summed E-state index contributed by atoms with van der Waals surface area (Å²) < 4.78 is 0. The molecule has 0 bridgehead atoms. The summed E-state index contributed by atoms with van der Waals surface area (Å²) in [5.74, 6) is 0. The molecule has 3 heteroatoms. The van der Waals surface area contributed by atoms with Crippen molar-refractivity contribution in [1.82, 2.24) is 0 Å². The predicted molar refractivity (Wildman–Crippen MR) is 78.9 cm³/mol. The van der Waals surface area contributed by atoms with Gasteiger partial charge in [0.2, 0.25) is 0 Å². The minimum Gasteiger partial charge on any atom is -0.371 e. The lowest BCUT2D eigenvalue weighted by Crippen LogP contribution is -2.26. The summed E-state index contributed by atoms with van der Waals surface area (Å²) in [7, 11) is 0. The van der Waals surface area contributed by atoms with Gasteiger partial charge in [0.25, 0.3) is 0 Å². The van der Waals surface area contributed by atoms with Crippen molar-refractivity contribution >= 4 is 23.6 Å². The van der Waals surface area contributed by atoms with E-state index in [1.54, 1.807) is 6.07 Å². The summed E-state index contributed by atoms with van der Waals surface area (Å²) in [6.07, 6.45) is 5.50. The van der Waals surface area contributed by atoms with Crippen LogP contribution in [0.5, 0.6) is 0 Å². The van der Waals surface area contributed by atoms with E-state index in [1.807, 2.05) is 12.1 Å². The van der Waals surface area contributed by atoms with Crippen molar-refractivity contribution in [2.24, 2.45) is 0 Å². The third-order valence-electron chi connectivity index (χ3n) is 3.02. The maximum atomic E-state index is 11.1. The number of carbonyl (C=O) groups is 1. The molecule has 0 spiro atoms. The van der Waals surface area contributed by atoms with Crippen molar-refractivity contribution in [2.75, 3.05) is 18.0 Å².